The molecule has 0 atom stereocenters. The summed E-state index contributed by atoms with van der Waals surface area (Å²) in [5, 5.41) is 0. The summed E-state index contributed by atoms with van der Waals surface area (Å²) in [4.78, 5) is 19.4. The number of alkyl halides is 3. The Morgan fingerprint density at radius 2 is 1.80 bits per heavy atom. The van der Waals surface area contributed by atoms with Crippen molar-refractivity contribution >= 4 is 12.1 Å². The first-order valence-corrected chi connectivity index (χ1v) is 2.21. The van der Waals surface area contributed by atoms with Crippen molar-refractivity contribution in [1.82, 2.24) is 0 Å². The van der Waals surface area contributed by atoms with Crippen LogP contribution in [0.1, 0.15) is 0 Å². The van der Waals surface area contributed by atoms with E-state index in [9.17, 15) is 22.8 Å². The van der Waals surface area contributed by atoms with E-state index >= 15 is 0 Å². The van der Waals surface area contributed by atoms with E-state index < -0.39 is 12.0 Å². The smallest absolute Gasteiger partial charge is 0.294 e. The lowest BCUT2D eigenvalue weighted by atomic mass is 10.4. The minimum atomic E-state index is -4.53. The van der Waals surface area contributed by atoms with E-state index in [0.717, 1.165) is 0 Å². The fraction of sp³-hybridized carbons (Fsp3) is 0.200. The van der Waals surface area contributed by atoms with E-state index in [1.54, 1.807) is 0 Å². The molecule has 0 spiro atoms. The highest BCUT2D eigenvalue weighted by Gasteiger charge is 2.22. The Hall–Kier alpha value is -1.13. The lowest BCUT2D eigenvalue weighted by Gasteiger charge is -1.94. The van der Waals surface area contributed by atoms with Gasteiger partial charge in [0.2, 0.25) is 5.78 Å². The van der Waals surface area contributed by atoms with Crippen LogP contribution in [0.3, 0.4) is 0 Å². The molecule has 5 heteroatoms. The Labute approximate surface area is 54.3 Å². The molecule has 0 aromatic heterocycles. The quantitative estimate of drug-likeness (QED) is 0.334. The average molecular weight is 152 g/mol. The van der Waals surface area contributed by atoms with E-state index in [1.807, 2.05) is 0 Å². The van der Waals surface area contributed by atoms with E-state index in [4.69, 9.17) is 0 Å². The van der Waals surface area contributed by atoms with Crippen molar-refractivity contribution in [1.29, 1.82) is 0 Å². The van der Waals surface area contributed by atoms with Crippen molar-refractivity contribution < 1.29 is 22.8 Å². The van der Waals surface area contributed by atoms with Gasteiger partial charge in [-0.2, -0.15) is 13.2 Å². The maximum atomic E-state index is 11.2. The summed E-state index contributed by atoms with van der Waals surface area (Å²) in [6, 6.07) is 0. The van der Waals surface area contributed by atoms with Crippen molar-refractivity contribution in [3.8, 4) is 0 Å². The standard InChI is InChI=1S/C5H3F3O2/c6-5(7,8)2-1-4(10)3-9/h1-3H. The fourth-order valence-electron chi connectivity index (χ4n) is 0.216. The van der Waals surface area contributed by atoms with Gasteiger partial charge in [0, 0.05) is 6.08 Å². The highest BCUT2D eigenvalue weighted by molar-refractivity contribution is 6.30. The van der Waals surface area contributed by atoms with Crippen LogP contribution >= 0.6 is 0 Å². The predicted molar refractivity (Wildman–Crippen MR) is 26.3 cm³/mol. The van der Waals surface area contributed by atoms with Crippen LogP contribution in [-0.2, 0) is 9.59 Å². The van der Waals surface area contributed by atoms with Crippen LogP contribution in [0, 0.1) is 0 Å². The van der Waals surface area contributed by atoms with E-state index in [2.05, 4.69) is 0 Å². The van der Waals surface area contributed by atoms with Gasteiger partial charge >= 0.3 is 6.18 Å². The number of ketones is 1. The predicted octanol–water partition coefficient (Wildman–Crippen LogP) is 0.873. The Kier molecular flexibility index (Phi) is 2.79. The van der Waals surface area contributed by atoms with Gasteiger partial charge in [-0.25, -0.2) is 0 Å². The maximum Gasteiger partial charge on any atom is 0.409 e. The Morgan fingerprint density at radius 1 is 1.30 bits per heavy atom. The molecule has 0 fully saturated rings. The molecule has 0 unspecified atom stereocenters. The zero-order valence-corrected chi connectivity index (χ0v) is 4.68. The molecule has 0 saturated carbocycles. The summed E-state index contributed by atoms with van der Waals surface area (Å²) in [6.45, 7) is 0. The van der Waals surface area contributed by atoms with Gasteiger partial charge in [0.25, 0.3) is 0 Å². The molecule has 0 aliphatic carbocycles. The van der Waals surface area contributed by atoms with Gasteiger partial charge in [-0.1, -0.05) is 0 Å². The zero-order chi connectivity index (χ0) is 8.20. The summed E-state index contributed by atoms with van der Waals surface area (Å²) in [5.74, 6) is -1.20. The minimum absolute atomic E-state index is 0.174. The van der Waals surface area contributed by atoms with Crippen molar-refractivity contribution in [3.05, 3.63) is 12.2 Å². The zero-order valence-electron chi connectivity index (χ0n) is 4.68. The number of carbonyl (C=O) groups is 2. The lowest BCUT2D eigenvalue weighted by Crippen LogP contribution is -2.03. The van der Waals surface area contributed by atoms with Crippen LogP contribution in [0.25, 0.3) is 0 Å². The van der Waals surface area contributed by atoms with Gasteiger partial charge in [-0.3, -0.25) is 9.59 Å². The van der Waals surface area contributed by atoms with Crippen LogP contribution < -0.4 is 0 Å². The first-order valence-electron chi connectivity index (χ1n) is 2.21. The van der Waals surface area contributed by atoms with Gasteiger partial charge in [-0.05, 0) is 6.08 Å². The topological polar surface area (TPSA) is 34.1 Å². The minimum Gasteiger partial charge on any atom is -0.294 e. The lowest BCUT2D eigenvalue weighted by molar-refractivity contribution is -0.127. The van der Waals surface area contributed by atoms with Crippen molar-refractivity contribution in [2.75, 3.05) is 0 Å². The summed E-state index contributed by atoms with van der Waals surface area (Å²) >= 11 is 0. The molecule has 0 aliphatic rings. The van der Waals surface area contributed by atoms with E-state index in [1.165, 1.54) is 0 Å². The SMILES string of the molecule is O=CC(=O)C=CC(F)(F)F. The second-order valence-corrected chi connectivity index (χ2v) is 1.40. The Bertz CT molecular complexity index is 168. The highest BCUT2D eigenvalue weighted by atomic mass is 19.4. The largest absolute Gasteiger partial charge is 0.409 e. The third kappa shape index (κ3) is 5.02. The summed E-state index contributed by atoms with van der Waals surface area (Å²) < 4.78 is 33.6. The molecule has 0 aliphatic heterocycles. The highest BCUT2D eigenvalue weighted by Crippen LogP contribution is 2.15. The molecule has 2 nitrogen and oxygen atoms in total. The van der Waals surface area contributed by atoms with E-state index in [0.29, 0.717) is 0 Å². The molecule has 56 valence electrons. The molecule has 0 heterocycles. The van der Waals surface area contributed by atoms with Gasteiger partial charge in [0.15, 0.2) is 6.29 Å². The number of hydrogen-bond donors (Lipinski definition) is 0. The normalized spacial score (nSPS) is 11.9. The monoisotopic (exact) mass is 152 g/mol. The summed E-state index contributed by atoms with van der Waals surface area (Å²) in [6.07, 6.45) is -4.84. The Morgan fingerprint density at radius 3 is 2.10 bits per heavy atom. The fourth-order valence-corrected chi connectivity index (χ4v) is 0.216. The number of allylic oxidation sites excluding steroid dienone is 2. The molecule has 0 bridgehead atoms. The number of hydrogen-bond acceptors (Lipinski definition) is 2. The molecule has 0 aromatic carbocycles. The van der Waals surface area contributed by atoms with Crippen LogP contribution in [-0.4, -0.2) is 18.2 Å². The first-order chi connectivity index (χ1) is 4.45. The molecular formula is C5H3F3O2. The number of rotatable bonds is 2. The van der Waals surface area contributed by atoms with Gasteiger partial charge in [-0.15, -0.1) is 0 Å². The summed E-state index contributed by atoms with van der Waals surface area (Å²) in [5.41, 5.74) is 0. The molecule has 0 rings (SSSR count). The number of aldehydes is 1. The van der Waals surface area contributed by atoms with Crippen LogP contribution in [0.2, 0.25) is 0 Å². The van der Waals surface area contributed by atoms with Crippen molar-refractivity contribution in [2.24, 2.45) is 0 Å². The van der Waals surface area contributed by atoms with Crippen LogP contribution in [0.5, 0.6) is 0 Å². The third-order valence-electron chi connectivity index (χ3n) is 0.553. The molecule has 0 N–H and O–H groups in total. The van der Waals surface area contributed by atoms with Gasteiger partial charge in [0.1, 0.15) is 0 Å². The van der Waals surface area contributed by atoms with E-state index in [-0.39, 0.29) is 18.4 Å². The molecule has 0 saturated heterocycles. The van der Waals surface area contributed by atoms with Crippen molar-refractivity contribution in [3.63, 3.8) is 0 Å². The van der Waals surface area contributed by atoms with Crippen LogP contribution in [0.15, 0.2) is 12.2 Å². The number of carbonyl (C=O) groups excluding carboxylic acids is 2. The Balaban J connectivity index is 4.00. The second-order valence-electron chi connectivity index (χ2n) is 1.40. The number of halogens is 3. The maximum absolute atomic E-state index is 11.2. The van der Waals surface area contributed by atoms with Gasteiger partial charge in [0.05, 0.1) is 0 Å². The molecule has 0 aromatic rings. The molecule has 0 amide bonds. The summed E-state index contributed by atoms with van der Waals surface area (Å²) in [7, 11) is 0. The first kappa shape index (κ1) is 8.87. The van der Waals surface area contributed by atoms with Crippen LogP contribution in [0.4, 0.5) is 13.2 Å². The van der Waals surface area contributed by atoms with Gasteiger partial charge < -0.3 is 0 Å². The average Bonchev–Trinajstić information content (AvgIpc) is 1.81. The third-order valence-corrected chi connectivity index (χ3v) is 0.553. The molecule has 0 radical (unpaired) electrons. The molecule has 10 heavy (non-hydrogen) atoms. The second kappa shape index (κ2) is 3.14. The molecular weight excluding hydrogens is 149 g/mol. The van der Waals surface area contributed by atoms with Crippen molar-refractivity contribution in [2.45, 2.75) is 6.18 Å².